The quantitative estimate of drug-likeness (QED) is 0.153. The smallest absolute Gasteiger partial charge is 0.343 e. The molecule has 0 fully saturated rings. The number of hydrogen-bond donors (Lipinski definition) is 2. The van der Waals surface area contributed by atoms with Gasteiger partial charge in [0.15, 0.2) is 0 Å². The number of fused-ring (bicyclic) bond motifs is 1. The molecule has 0 radical (unpaired) electrons. The molecule has 1 atom stereocenters. The average Bonchev–Trinajstić information content (AvgIpc) is 2.99. The number of pyridine rings is 1. The van der Waals surface area contributed by atoms with Gasteiger partial charge >= 0.3 is 6.18 Å². The third-order valence-corrected chi connectivity index (χ3v) is 7.41. The van der Waals surface area contributed by atoms with Crippen LogP contribution in [0.2, 0.25) is 0 Å². The van der Waals surface area contributed by atoms with Gasteiger partial charge in [0.25, 0.3) is 0 Å². The molecule has 0 spiro atoms. The molecule has 1 heterocycles. The molecule has 43 heavy (non-hydrogen) atoms. The molecule has 0 aliphatic carbocycles. The third-order valence-electron chi connectivity index (χ3n) is 7.41. The molecule has 230 valence electrons. The molecule has 2 N–H and O–H groups in total. The minimum absolute atomic E-state index is 0.0591. The number of amides is 2. The molecule has 2 aromatic carbocycles. The lowest BCUT2D eigenvalue weighted by Crippen LogP contribution is -2.43. The van der Waals surface area contributed by atoms with Crippen LogP contribution in [0.5, 0.6) is 0 Å². The Morgan fingerprint density at radius 3 is 2.12 bits per heavy atom. The fourth-order valence-electron chi connectivity index (χ4n) is 5.05. The minimum Gasteiger partial charge on any atom is -0.343 e. The van der Waals surface area contributed by atoms with Gasteiger partial charge in [-0.1, -0.05) is 108 Å². The van der Waals surface area contributed by atoms with Gasteiger partial charge in [-0.25, -0.2) is 4.98 Å². The number of nitrogens with one attached hydrogen (secondary N) is 2. The van der Waals surface area contributed by atoms with Crippen LogP contribution in [0.1, 0.15) is 96.1 Å². The zero-order chi connectivity index (χ0) is 31.1. The summed E-state index contributed by atoms with van der Waals surface area (Å²) in [5.74, 6) is -0.933. The highest BCUT2D eigenvalue weighted by atomic mass is 19.4. The van der Waals surface area contributed by atoms with Gasteiger partial charge in [-0.3, -0.25) is 9.59 Å². The summed E-state index contributed by atoms with van der Waals surface area (Å²) in [6, 6.07) is 15.1. The van der Waals surface area contributed by atoms with Crippen LogP contribution < -0.4 is 10.6 Å². The highest BCUT2D eigenvalue weighted by molar-refractivity contribution is 6.01. The third kappa shape index (κ3) is 11.0. The number of carbonyl (C=O) groups is 2. The van der Waals surface area contributed by atoms with E-state index in [0.717, 1.165) is 25.3 Å². The van der Waals surface area contributed by atoms with Crippen LogP contribution in [-0.2, 0) is 15.8 Å². The highest BCUT2D eigenvalue weighted by Crippen LogP contribution is 2.36. The zero-order valence-electron chi connectivity index (χ0n) is 24.8. The first-order valence-corrected chi connectivity index (χ1v) is 15.3. The van der Waals surface area contributed by atoms with Crippen molar-refractivity contribution in [3.63, 3.8) is 0 Å². The summed E-state index contributed by atoms with van der Waals surface area (Å²) >= 11 is 0. The number of carbonyl (C=O) groups excluding carboxylic acids is 2. The van der Waals surface area contributed by atoms with Gasteiger partial charge in [0.2, 0.25) is 11.8 Å². The van der Waals surface area contributed by atoms with E-state index in [-0.39, 0.29) is 30.0 Å². The molecule has 0 aliphatic rings. The Labute approximate surface area is 252 Å². The van der Waals surface area contributed by atoms with E-state index in [0.29, 0.717) is 22.9 Å². The number of rotatable bonds is 17. The first kappa shape index (κ1) is 33.6. The zero-order valence-corrected chi connectivity index (χ0v) is 24.8. The van der Waals surface area contributed by atoms with Crippen molar-refractivity contribution in [1.29, 1.82) is 5.26 Å². The first-order valence-electron chi connectivity index (χ1n) is 15.3. The number of nitrogens with zero attached hydrogens (tertiary/aromatic N) is 2. The van der Waals surface area contributed by atoms with Crippen LogP contribution >= 0.6 is 0 Å². The van der Waals surface area contributed by atoms with Gasteiger partial charge in [-0.2, -0.15) is 18.4 Å². The standard InChI is InChI=1S/C34H41F3N4O2/c1-2-3-4-5-6-7-8-9-10-11-15-18-32(42)41-29(21-22-38)33(43)39-26-19-20-27-28(25-16-13-12-14-17-25)24-31(34(35,36)37)40-30(27)23-26/h12-14,16-17,19-20,23-24,29H,2-11,15,18,21H2,1H3,(H,39,43)(H,41,42)/t29-/m1/s1. The molecule has 0 aliphatic heterocycles. The Hall–Kier alpha value is -3.93. The van der Waals surface area contributed by atoms with E-state index in [1.165, 1.54) is 51.0 Å². The van der Waals surface area contributed by atoms with E-state index in [4.69, 9.17) is 0 Å². The monoisotopic (exact) mass is 594 g/mol. The molecule has 2 amide bonds. The molecule has 3 aromatic rings. The Kier molecular flexibility index (Phi) is 13.5. The van der Waals surface area contributed by atoms with Crippen LogP contribution in [0.25, 0.3) is 22.0 Å². The maximum Gasteiger partial charge on any atom is 0.433 e. The molecule has 0 bridgehead atoms. The predicted molar refractivity (Wildman–Crippen MR) is 164 cm³/mol. The predicted octanol–water partition coefficient (Wildman–Crippen LogP) is 8.96. The van der Waals surface area contributed by atoms with Crippen molar-refractivity contribution in [2.45, 2.75) is 103 Å². The van der Waals surface area contributed by atoms with Crippen molar-refractivity contribution >= 4 is 28.4 Å². The second-order valence-electron chi connectivity index (χ2n) is 10.9. The fraction of sp³-hybridized carbons (Fsp3) is 0.471. The molecule has 9 heteroatoms. The summed E-state index contributed by atoms with van der Waals surface area (Å²) in [7, 11) is 0. The topological polar surface area (TPSA) is 94.9 Å². The SMILES string of the molecule is CCCCCCCCCCCCCC(=O)N[C@H](CC#N)C(=O)Nc1ccc2c(-c3ccccc3)cc(C(F)(F)F)nc2c1. The number of alkyl halides is 3. The molecule has 6 nitrogen and oxygen atoms in total. The first-order chi connectivity index (χ1) is 20.7. The molecular weight excluding hydrogens is 553 g/mol. The molecular formula is C34H41F3N4O2. The van der Waals surface area contributed by atoms with Gasteiger partial charge in [0.05, 0.1) is 18.0 Å². The molecule has 0 saturated heterocycles. The van der Waals surface area contributed by atoms with E-state index < -0.39 is 23.8 Å². The number of nitriles is 1. The van der Waals surface area contributed by atoms with Crippen molar-refractivity contribution in [3.05, 3.63) is 60.3 Å². The lowest BCUT2D eigenvalue weighted by molar-refractivity contribution is -0.141. The van der Waals surface area contributed by atoms with E-state index in [1.54, 1.807) is 42.5 Å². The van der Waals surface area contributed by atoms with Crippen molar-refractivity contribution in [2.75, 3.05) is 5.32 Å². The summed E-state index contributed by atoms with van der Waals surface area (Å²) in [6.45, 7) is 2.21. The number of halogens is 3. The minimum atomic E-state index is -4.66. The van der Waals surface area contributed by atoms with Gasteiger partial charge in [0, 0.05) is 17.5 Å². The van der Waals surface area contributed by atoms with Crippen LogP contribution in [0.15, 0.2) is 54.6 Å². The van der Waals surface area contributed by atoms with Crippen molar-refractivity contribution in [3.8, 4) is 17.2 Å². The number of hydrogen-bond acceptors (Lipinski definition) is 4. The number of anilines is 1. The highest BCUT2D eigenvalue weighted by Gasteiger charge is 2.33. The van der Waals surface area contributed by atoms with Crippen LogP contribution in [-0.4, -0.2) is 22.8 Å². The summed E-state index contributed by atoms with van der Waals surface area (Å²) in [5, 5.41) is 15.0. The fourth-order valence-corrected chi connectivity index (χ4v) is 5.05. The van der Waals surface area contributed by atoms with Crippen LogP contribution in [0.4, 0.5) is 18.9 Å². The molecule has 1 aromatic heterocycles. The van der Waals surface area contributed by atoms with E-state index in [9.17, 15) is 28.0 Å². The summed E-state index contributed by atoms with van der Waals surface area (Å²) in [4.78, 5) is 29.3. The second-order valence-corrected chi connectivity index (χ2v) is 10.9. The van der Waals surface area contributed by atoms with Crippen molar-refractivity contribution < 1.29 is 22.8 Å². The maximum atomic E-state index is 13.7. The Bertz CT molecular complexity index is 1370. The van der Waals surface area contributed by atoms with Crippen LogP contribution in [0, 0.1) is 11.3 Å². The molecule has 0 saturated carbocycles. The Morgan fingerprint density at radius 2 is 1.51 bits per heavy atom. The van der Waals surface area contributed by atoms with Gasteiger partial charge in [0.1, 0.15) is 11.7 Å². The summed E-state index contributed by atoms with van der Waals surface area (Å²) in [6.07, 6.45) is 8.10. The lowest BCUT2D eigenvalue weighted by Gasteiger charge is -2.17. The van der Waals surface area contributed by atoms with E-state index >= 15 is 0 Å². The summed E-state index contributed by atoms with van der Waals surface area (Å²) in [5.41, 5.74) is 0.203. The molecule has 0 unspecified atom stereocenters. The summed E-state index contributed by atoms with van der Waals surface area (Å²) < 4.78 is 41.0. The van der Waals surface area contributed by atoms with Gasteiger partial charge in [-0.05, 0) is 35.7 Å². The number of unbranched alkanes of at least 4 members (excludes halogenated alkanes) is 10. The molecule has 3 rings (SSSR count). The average molecular weight is 595 g/mol. The Balaban J connectivity index is 1.56. The maximum absolute atomic E-state index is 13.7. The second kappa shape index (κ2) is 17.3. The number of aromatic nitrogens is 1. The van der Waals surface area contributed by atoms with Gasteiger partial charge < -0.3 is 10.6 Å². The normalized spacial score (nSPS) is 12.1. The Morgan fingerprint density at radius 1 is 0.884 bits per heavy atom. The van der Waals surface area contributed by atoms with Crippen molar-refractivity contribution in [1.82, 2.24) is 10.3 Å². The van der Waals surface area contributed by atoms with E-state index in [2.05, 4.69) is 22.5 Å². The van der Waals surface area contributed by atoms with E-state index in [1.807, 2.05) is 6.07 Å². The lowest BCUT2D eigenvalue weighted by atomic mass is 9.99. The number of benzene rings is 2. The van der Waals surface area contributed by atoms with Gasteiger partial charge in [-0.15, -0.1) is 0 Å². The van der Waals surface area contributed by atoms with Crippen LogP contribution in [0.3, 0.4) is 0 Å². The largest absolute Gasteiger partial charge is 0.433 e. The van der Waals surface area contributed by atoms with Crippen molar-refractivity contribution in [2.24, 2.45) is 0 Å².